The van der Waals surface area contributed by atoms with Crippen LogP contribution in [0.3, 0.4) is 0 Å². The minimum absolute atomic E-state index is 0.138. The van der Waals surface area contributed by atoms with Crippen LogP contribution in [0.4, 0.5) is 0 Å². The lowest BCUT2D eigenvalue weighted by molar-refractivity contribution is -0.151. The van der Waals surface area contributed by atoms with Crippen molar-refractivity contribution in [3.8, 4) is 0 Å². The molecule has 1 saturated heterocycles. The first-order valence-corrected chi connectivity index (χ1v) is 8.24. The quantitative estimate of drug-likeness (QED) is 0.493. The third kappa shape index (κ3) is 5.57. The molecule has 5 nitrogen and oxygen atoms in total. The van der Waals surface area contributed by atoms with Crippen LogP contribution in [0.2, 0.25) is 0 Å². The molecule has 5 heteroatoms. The van der Waals surface area contributed by atoms with Gasteiger partial charge in [0.1, 0.15) is 5.54 Å². The molecule has 0 aromatic rings. The Morgan fingerprint density at radius 1 is 1.38 bits per heavy atom. The molecule has 0 aromatic heterocycles. The van der Waals surface area contributed by atoms with Gasteiger partial charge in [0, 0.05) is 25.2 Å². The largest absolute Gasteiger partial charge is 0.465 e. The smallest absolute Gasteiger partial charge is 0.326 e. The first-order chi connectivity index (χ1) is 10.1. The van der Waals surface area contributed by atoms with Gasteiger partial charge >= 0.3 is 5.97 Å². The van der Waals surface area contributed by atoms with E-state index >= 15 is 0 Å². The molecule has 2 atom stereocenters. The second-order valence-corrected chi connectivity index (χ2v) is 6.38. The SMILES string of the molecule is CCOC(=O)C(C)(CCCOCC1CCOC1)NC1CC1. The molecule has 1 heterocycles. The molecule has 1 N–H and O–H groups in total. The number of nitrogens with one attached hydrogen (secondary N) is 1. The Morgan fingerprint density at radius 2 is 2.19 bits per heavy atom. The van der Waals surface area contributed by atoms with Gasteiger partial charge < -0.3 is 14.2 Å². The summed E-state index contributed by atoms with van der Waals surface area (Å²) in [7, 11) is 0. The van der Waals surface area contributed by atoms with Crippen LogP contribution in [0.1, 0.15) is 46.0 Å². The number of ether oxygens (including phenoxy) is 3. The van der Waals surface area contributed by atoms with E-state index in [1.807, 2.05) is 13.8 Å². The van der Waals surface area contributed by atoms with Crippen LogP contribution < -0.4 is 5.32 Å². The first-order valence-electron chi connectivity index (χ1n) is 8.24. The van der Waals surface area contributed by atoms with Crippen LogP contribution in [0.5, 0.6) is 0 Å². The Kier molecular flexibility index (Phi) is 6.45. The molecule has 2 unspecified atom stereocenters. The van der Waals surface area contributed by atoms with E-state index < -0.39 is 5.54 Å². The maximum absolute atomic E-state index is 12.2. The van der Waals surface area contributed by atoms with Gasteiger partial charge in [-0.25, -0.2) is 0 Å². The molecule has 1 aliphatic heterocycles. The standard InChI is InChI=1S/C16H29NO4/c1-3-21-15(18)16(2,17-14-5-6-14)8-4-9-19-11-13-7-10-20-12-13/h13-14,17H,3-12H2,1-2H3. The van der Waals surface area contributed by atoms with Crippen LogP contribution in [-0.2, 0) is 19.0 Å². The van der Waals surface area contributed by atoms with E-state index in [0.29, 0.717) is 25.2 Å². The van der Waals surface area contributed by atoms with Crippen LogP contribution in [0.15, 0.2) is 0 Å². The fourth-order valence-electron chi connectivity index (χ4n) is 2.69. The molecule has 0 aromatic carbocycles. The van der Waals surface area contributed by atoms with Gasteiger partial charge in [0.2, 0.25) is 0 Å². The summed E-state index contributed by atoms with van der Waals surface area (Å²) in [6.45, 7) is 7.38. The summed E-state index contributed by atoms with van der Waals surface area (Å²) in [5, 5.41) is 3.43. The van der Waals surface area contributed by atoms with Gasteiger partial charge in [0.25, 0.3) is 0 Å². The molecule has 122 valence electrons. The lowest BCUT2D eigenvalue weighted by Gasteiger charge is -2.28. The van der Waals surface area contributed by atoms with Gasteiger partial charge in [0.15, 0.2) is 0 Å². The predicted molar refractivity (Wildman–Crippen MR) is 80.2 cm³/mol. The van der Waals surface area contributed by atoms with E-state index in [-0.39, 0.29) is 5.97 Å². The summed E-state index contributed by atoms with van der Waals surface area (Å²) in [6, 6.07) is 0.482. The molecule has 1 aliphatic carbocycles. The highest BCUT2D eigenvalue weighted by Gasteiger charge is 2.39. The zero-order valence-electron chi connectivity index (χ0n) is 13.4. The van der Waals surface area contributed by atoms with E-state index in [2.05, 4.69) is 5.32 Å². The minimum Gasteiger partial charge on any atom is -0.465 e. The van der Waals surface area contributed by atoms with E-state index in [4.69, 9.17) is 14.2 Å². The molecule has 0 radical (unpaired) electrons. The van der Waals surface area contributed by atoms with Gasteiger partial charge in [-0.1, -0.05) is 0 Å². The van der Waals surface area contributed by atoms with Crippen molar-refractivity contribution in [2.75, 3.05) is 33.0 Å². The Balaban J connectivity index is 1.66. The van der Waals surface area contributed by atoms with Crippen molar-refractivity contribution < 1.29 is 19.0 Å². The molecule has 0 amide bonds. The highest BCUT2D eigenvalue weighted by atomic mass is 16.5. The van der Waals surface area contributed by atoms with Gasteiger partial charge in [-0.15, -0.1) is 0 Å². The van der Waals surface area contributed by atoms with Crippen molar-refractivity contribution in [1.82, 2.24) is 5.32 Å². The first kappa shape index (κ1) is 16.7. The summed E-state index contributed by atoms with van der Waals surface area (Å²) in [6.07, 6.45) is 5.04. The van der Waals surface area contributed by atoms with Gasteiger partial charge in [-0.05, 0) is 46.0 Å². The summed E-state index contributed by atoms with van der Waals surface area (Å²) >= 11 is 0. The Hall–Kier alpha value is -0.650. The highest BCUT2D eigenvalue weighted by Crippen LogP contribution is 2.26. The van der Waals surface area contributed by atoms with Crippen molar-refractivity contribution in [3.63, 3.8) is 0 Å². The molecule has 0 spiro atoms. The summed E-state index contributed by atoms with van der Waals surface area (Å²) in [5.41, 5.74) is -0.572. The number of rotatable bonds is 10. The van der Waals surface area contributed by atoms with Crippen molar-refractivity contribution in [3.05, 3.63) is 0 Å². The zero-order valence-corrected chi connectivity index (χ0v) is 13.4. The molecular formula is C16H29NO4. The van der Waals surface area contributed by atoms with Crippen LogP contribution in [0, 0.1) is 5.92 Å². The van der Waals surface area contributed by atoms with Crippen molar-refractivity contribution in [2.45, 2.75) is 57.5 Å². The predicted octanol–water partition coefficient (Wildman–Crippen LogP) is 1.89. The molecule has 2 fully saturated rings. The third-order valence-electron chi connectivity index (χ3n) is 4.17. The Morgan fingerprint density at radius 3 is 2.81 bits per heavy atom. The maximum Gasteiger partial charge on any atom is 0.326 e. The number of hydrogen-bond donors (Lipinski definition) is 1. The topological polar surface area (TPSA) is 56.8 Å². The van der Waals surface area contributed by atoms with E-state index in [0.717, 1.165) is 51.9 Å². The number of carbonyl (C=O) groups excluding carboxylic acids is 1. The lowest BCUT2D eigenvalue weighted by atomic mass is 9.95. The van der Waals surface area contributed by atoms with E-state index in [1.54, 1.807) is 0 Å². The fourth-order valence-corrected chi connectivity index (χ4v) is 2.69. The summed E-state index contributed by atoms with van der Waals surface area (Å²) in [5.74, 6) is 0.409. The second kappa shape index (κ2) is 8.11. The average molecular weight is 299 g/mol. The fraction of sp³-hybridized carbons (Fsp3) is 0.938. The van der Waals surface area contributed by atoms with Crippen LogP contribution >= 0.6 is 0 Å². The molecule has 1 saturated carbocycles. The zero-order chi connectivity index (χ0) is 15.1. The van der Waals surface area contributed by atoms with Crippen LogP contribution in [0.25, 0.3) is 0 Å². The average Bonchev–Trinajstić information content (AvgIpc) is 3.11. The van der Waals surface area contributed by atoms with Crippen molar-refractivity contribution in [2.24, 2.45) is 5.92 Å². The van der Waals surface area contributed by atoms with E-state index in [1.165, 1.54) is 0 Å². The molecule has 21 heavy (non-hydrogen) atoms. The number of esters is 1. The number of hydrogen-bond acceptors (Lipinski definition) is 5. The minimum atomic E-state index is -0.572. The van der Waals surface area contributed by atoms with Gasteiger partial charge in [-0.3, -0.25) is 10.1 Å². The van der Waals surface area contributed by atoms with E-state index in [9.17, 15) is 4.79 Å². The highest BCUT2D eigenvalue weighted by molar-refractivity contribution is 5.80. The van der Waals surface area contributed by atoms with Gasteiger partial charge in [0.05, 0.1) is 19.8 Å². The number of carbonyl (C=O) groups is 1. The second-order valence-electron chi connectivity index (χ2n) is 6.38. The van der Waals surface area contributed by atoms with Crippen molar-refractivity contribution >= 4 is 5.97 Å². The summed E-state index contributed by atoms with van der Waals surface area (Å²) in [4.78, 5) is 12.2. The monoisotopic (exact) mass is 299 g/mol. The van der Waals surface area contributed by atoms with Gasteiger partial charge in [-0.2, -0.15) is 0 Å². The summed E-state index contributed by atoms with van der Waals surface area (Å²) < 4.78 is 16.3. The lowest BCUT2D eigenvalue weighted by Crippen LogP contribution is -2.51. The third-order valence-corrected chi connectivity index (χ3v) is 4.17. The van der Waals surface area contributed by atoms with Crippen LogP contribution in [-0.4, -0.2) is 50.6 Å². The normalized spacial score (nSPS) is 24.8. The molecule has 2 rings (SSSR count). The molecule has 2 aliphatic rings. The van der Waals surface area contributed by atoms with Crippen molar-refractivity contribution in [1.29, 1.82) is 0 Å². The molecular weight excluding hydrogens is 270 g/mol. The Labute approximate surface area is 127 Å². The Bertz CT molecular complexity index is 326. The molecule has 0 bridgehead atoms. The maximum atomic E-state index is 12.2.